The fourth-order valence-electron chi connectivity index (χ4n) is 2.69. The summed E-state index contributed by atoms with van der Waals surface area (Å²) in [6.07, 6.45) is 0. The fraction of sp³-hybridized carbons (Fsp3) is 0.0952. The van der Waals surface area contributed by atoms with Crippen molar-refractivity contribution < 1.29 is 14.5 Å². The molecular formula is C21H17ClN2O4. The molecule has 0 saturated carbocycles. The molecule has 1 amide bonds. The highest BCUT2D eigenvalue weighted by Crippen LogP contribution is 2.28. The number of amides is 1. The number of nitrogens with zero attached hydrogens (tertiary/aromatic N) is 1. The average molecular weight is 397 g/mol. The molecule has 0 atom stereocenters. The van der Waals surface area contributed by atoms with Crippen LogP contribution in [0.3, 0.4) is 0 Å². The van der Waals surface area contributed by atoms with Gasteiger partial charge in [-0.25, -0.2) is 0 Å². The summed E-state index contributed by atoms with van der Waals surface area (Å²) >= 11 is 6.05. The van der Waals surface area contributed by atoms with Crippen LogP contribution in [-0.4, -0.2) is 10.8 Å². The van der Waals surface area contributed by atoms with Crippen molar-refractivity contribution >= 4 is 28.9 Å². The van der Waals surface area contributed by atoms with Gasteiger partial charge in [0.25, 0.3) is 11.6 Å². The van der Waals surface area contributed by atoms with Gasteiger partial charge in [0, 0.05) is 11.1 Å². The van der Waals surface area contributed by atoms with Gasteiger partial charge in [0.2, 0.25) is 0 Å². The number of carbonyl (C=O) groups is 1. The number of nitrogens with one attached hydrogen (secondary N) is 1. The molecular weight excluding hydrogens is 380 g/mol. The minimum atomic E-state index is -0.487. The zero-order valence-electron chi connectivity index (χ0n) is 15.0. The van der Waals surface area contributed by atoms with E-state index in [1.54, 1.807) is 25.1 Å². The molecule has 0 bridgehead atoms. The molecule has 142 valence electrons. The van der Waals surface area contributed by atoms with Crippen LogP contribution in [0.5, 0.6) is 5.75 Å². The molecule has 0 radical (unpaired) electrons. The first-order valence-corrected chi connectivity index (χ1v) is 8.85. The molecule has 0 heterocycles. The van der Waals surface area contributed by atoms with Gasteiger partial charge in [0.05, 0.1) is 21.7 Å². The van der Waals surface area contributed by atoms with Crippen molar-refractivity contribution in [3.05, 3.63) is 98.6 Å². The van der Waals surface area contributed by atoms with Crippen LogP contribution in [0.15, 0.2) is 66.7 Å². The van der Waals surface area contributed by atoms with E-state index in [1.807, 2.05) is 30.3 Å². The molecule has 0 aliphatic heterocycles. The van der Waals surface area contributed by atoms with Crippen LogP contribution >= 0.6 is 11.6 Å². The maximum Gasteiger partial charge on any atom is 0.274 e. The van der Waals surface area contributed by atoms with Gasteiger partial charge in [-0.3, -0.25) is 14.9 Å². The first kappa shape index (κ1) is 19.4. The van der Waals surface area contributed by atoms with Gasteiger partial charge in [-0.05, 0) is 36.8 Å². The lowest BCUT2D eigenvalue weighted by molar-refractivity contribution is -0.385. The lowest BCUT2D eigenvalue weighted by Gasteiger charge is -2.13. The Morgan fingerprint density at radius 1 is 1.11 bits per heavy atom. The Morgan fingerprint density at radius 2 is 1.86 bits per heavy atom. The monoisotopic (exact) mass is 396 g/mol. The first-order valence-electron chi connectivity index (χ1n) is 8.47. The van der Waals surface area contributed by atoms with Gasteiger partial charge >= 0.3 is 0 Å². The largest absolute Gasteiger partial charge is 0.488 e. The first-order chi connectivity index (χ1) is 13.5. The van der Waals surface area contributed by atoms with Crippen molar-refractivity contribution in [2.45, 2.75) is 13.5 Å². The molecule has 3 aromatic carbocycles. The lowest BCUT2D eigenvalue weighted by Crippen LogP contribution is -2.15. The summed E-state index contributed by atoms with van der Waals surface area (Å²) in [5.74, 6) is -0.0944. The quantitative estimate of drug-likeness (QED) is 0.447. The SMILES string of the molecule is Cc1c(NC(=O)c2cc(Cl)ccc2OCc2ccccc2)cccc1[N+](=O)[O-]. The fourth-order valence-corrected chi connectivity index (χ4v) is 2.86. The topological polar surface area (TPSA) is 81.5 Å². The molecule has 0 fully saturated rings. The van der Waals surface area contributed by atoms with E-state index in [9.17, 15) is 14.9 Å². The molecule has 0 saturated heterocycles. The van der Waals surface area contributed by atoms with Crippen molar-refractivity contribution in [2.24, 2.45) is 0 Å². The Morgan fingerprint density at radius 3 is 2.57 bits per heavy atom. The maximum atomic E-state index is 12.8. The van der Waals surface area contributed by atoms with Gasteiger partial charge in [-0.15, -0.1) is 0 Å². The van der Waals surface area contributed by atoms with Crippen LogP contribution in [0.25, 0.3) is 0 Å². The Labute approximate surface area is 166 Å². The Balaban J connectivity index is 1.84. The third kappa shape index (κ3) is 4.47. The number of hydrogen-bond donors (Lipinski definition) is 1. The van der Waals surface area contributed by atoms with Crippen LogP contribution in [0, 0.1) is 17.0 Å². The molecule has 0 aromatic heterocycles. The predicted molar refractivity (Wildman–Crippen MR) is 108 cm³/mol. The number of carbonyl (C=O) groups excluding carboxylic acids is 1. The summed E-state index contributed by atoms with van der Waals surface area (Å²) in [5, 5.41) is 14.2. The summed E-state index contributed by atoms with van der Waals surface area (Å²) in [7, 11) is 0. The van der Waals surface area contributed by atoms with Gasteiger partial charge < -0.3 is 10.1 Å². The van der Waals surface area contributed by atoms with Crippen LogP contribution in [0.1, 0.15) is 21.5 Å². The minimum absolute atomic E-state index is 0.0653. The summed E-state index contributed by atoms with van der Waals surface area (Å²) in [6.45, 7) is 1.87. The molecule has 3 aromatic rings. The Kier molecular flexibility index (Phi) is 5.91. The van der Waals surface area contributed by atoms with Crippen molar-refractivity contribution in [2.75, 3.05) is 5.32 Å². The molecule has 3 rings (SSSR count). The minimum Gasteiger partial charge on any atom is -0.488 e. The summed E-state index contributed by atoms with van der Waals surface area (Å²) in [4.78, 5) is 23.4. The molecule has 6 nitrogen and oxygen atoms in total. The van der Waals surface area contributed by atoms with E-state index < -0.39 is 10.8 Å². The highest BCUT2D eigenvalue weighted by molar-refractivity contribution is 6.31. The second-order valence-electron chi connectivity index (χ2n) is 6.08. The smallest absolute Gasteiger partial charge is 0.274 e. The molecule has 0 spiro atoms. The molecule has 28 heavy (non-hydrogen) atoms. The maximum absolute atomic E-state index is 12.8. The van der Waals surface area contributed by atoms with Gasteiger partial charge in [-0.2, -0.15) is 0 Å². The van der Waals surface area contributed by atoms with E-state index in [1.165, 1.54) is 18.2 Å². The average Bonchev–Trinajstić information content (AvgIpc) is 2.69. The Bertz CT molecular complexity index is 1020. The third-order valence-corrected chi connectivity index (χ3v) is 4.41. The number of anilines is 1. The number of rotatable bonds is 6. The summed E-state index contributed by atoms with van der Waals surface area (Å²) < 4.78 is 5.80. The normalized spacial score (nSPS) is 10.4. The zero-order chi connectivity index (χ0) is 20.1. The van der Waals surface area contributed by atoms with E-state index in [2.05, 4.69) is 5.32 Å². The highest BCUT2D eigenvalue weighted by atomic mass is 35.5. The zero-order valence-corrected chi connectivity index (χ0v) is 15.8. The van der Waals surface area contributed by atoms with E-state index in [0.29, 0.717) is 28.6 Å². The highest BCUT2D eigenvalue weighted by Gasteiger charge is 2.18. The van der Waals surface area contributed by atoms with Crippen LogP contribution in [-0.2, 0) is 6.61 Å². The van der Waals surface area contributed by atoms with Crippen LogP contribution in [0.2, 0.25) is 5.02 Å². The van der Waals surface area contributed by atoms with Gasteiger partial charge in [0.15, 0.2) is 0 Å². The van der Waals surface area contributed by atoms with Crippen molar-refractivity contribution in [1.29, 1.82) is 0 Å². The third-order valence-electron chi connectivity index (χ3n) is 4.17. The number of hydrogen-bond acceptors (Lipinski definition) is 4. The Hall–Kier alpha value is -3.38. The molecule has 0 aliphatic carbocycles. The van der Waals surface area contributed by atoms with Crippen molar-refractivity contribution in [1.82, 2.24) is 0 Å². The standard InChI is InChI=1S/C21H17ClN2O4/c1-14-18(8-5-9-19(14)24(26)27)23-21(25)17-12-16(22)10-11-20(17)28-13-15-6-3-2-4-7-15/h2-12H,13H2,1H3,(H,23,25). The summed E-state index contributed by atoms with van der Waals surface area (Å²) in [6, 6.07) is 18.8. The number of nitro benzene ring substituents is 1. The lowest BCUT2D eigenvalue weighted by atomic mass is 10.1. The second kappa shape index (κ2) is 8.54. The van der Waals surface area contributed by atoms with Crippen LogP contribution < -0.4 is 10.1 Å². The number of benzene rings is 3. The van der Waals surface area contributed by atoms with Crippen molar-refractivity contribution in [3.63, 3.8) is 0 Å². The number of halogens is 1. The van der Waals surface area contributed by atoms with E-state index in [0.717, 1.165) is 5.56 Å². The van der Waals surface area contributed by atoms with E-state index >= 15 is 0 Å². The summed E-state index contributed by atoms with van der Waals surface area (Å²) in [5.41, 5.74) is 1.86. The second-order valence-corrected chi connectivity index (χ2v) is 6.51. The van der Waals surface area contributed by atoms with Gasteiger partial charge in [-0.1, -0.05) is 48.0 Å². The van der Waals surface area contributed by atoms with Crippen LogP contribution in [0.4, 0.5) is 11.4 Å². The predicted octanol–water partition coefficient (Wildman–Crippen LogP) is 5.39. The molecule has 7 heteroatoms. The number of nitro groups is 1. The molecule has 0 aliphatic rings. The molecule has 0 unspecified atom stereocenters. The molecule has 1 N–H and O–H groups in total. The van der Waals surface area contributed by atoms with E-state index in [-0.39, 0.29) is 11.3 Å². The van der Waals surface area contributed by atoms with Crippen molar-refractivity contribution in [3.8, 4) is 5.75 Å². The van der Waals surface area contributed by atoms with Gasteiger partial charge in [0.1, 0.15) is 12.4 Å². The van der Waals surface area contributed by atoms with E-state index in [4.69, 9.17) is 16.3 Å². The number of ether oxygens (including phenoxy) is 1.